The molecule has 2 unspecified atom stereocenters. The highest BCUT2D eigenvalue weighted by molar-refractivity contribution is 5.97. The third-order valence-corrected chi connectivity index (χ3v) is 7.71. The summed E-state index contributed by atoms with van der Waals surface area (Å²) >= 11 is 0. The molecule has 168 valence electrons. The first-order valence-electron chi connectivity index (χ1n) is 11.6. The Morgan fingerprint density at radius 2 is 1.79 bits per heavy atom. The van der Waals surface area contributed by atoms with E-state index in [1.165, 1.54) is 0 Å². The van der Waals surface area contributed by atoms with E-state index < -0.39 is 5.60 Å². The number of nitrogens with one attached hydrogen (secondary N) is 1. The first-order chi connectivity index (χ1) is 16.0. The number of benzene rings is 1. The standard InChI is InChI=1S/C26H27N5O2/c27-24-23(25(32)31-22-19-7-15-8-20(22)12-26(33,10-15)11-19)30-21(14-29-24)17-4-1-3-16(9-17)18-5-2-6-28-13-18/h1-6,9,13-15,19-20,22,33H,7-8,10-12H2,(H2,27,29)(H,31,32). The molecule has 4 aliphatic rings. The van der Waals surface area contributed by atoms with Crippen molar-refractivity contribution in [2.45, 2.75) is 43.7 Å². The van der Waals surface area contributed by atoms with Crippen molar-refractivity contribution in [2.24, 2.45) is 17.8 Å². The van der Waals surface area contributed by atoms with Crippen LogP contribution in [0, 0.1) is 17.8 Å². The Labute approximate surface area is 192 Å². The number of hydrogen-bond acceptors (Lipinski definition) is 6. The molecule has 4 N–H and O–H groups in total. The largest absolute Gasteiger partial charge is 0.390 e. The van der Waals surface area contributed by atoms with E-state index in [2.05, 4.69) is 20.3 Å². The van der Waals surface area contributed by atoms with Gasteiger partial charge in [0.05, 0.1) is 17.5 Å². The Hall–Kier alpha value is -3.32. The van der Waals surface area contributed by atoms with Gasteiger partial charge in [-0.2, -0.15) is 0 Å². The number of anilines is 1. The maximum absolute atomic E-state index is 13.2. The van der Waals surface area contributed by atoms with Gasteiger partial charge in [0.15, 0.2) is 11.5 Å². The molecule has 2 aromatic heterocycles. The van der Waals surface area contributed by atoms with Gasteiger partial charge in [-0.3, -0.25) is 9.78 Å². The van der Waals surface area contributed by atoms with Crippen LogP contribution in [-0.2, 0) is 0 Å². The third-order valence-electron chi connectivity index (χ3n) is 7.71. The Morgan fingerprint density at radius 1 is 1.03 bits per heavy atom. The van der Waals surface area contributed by atoms with Crippen LogP contribution in [0.2, 0.25) is 0 Å². The molecule has 7 nitrogen and oxygen atoms in total. The number of carbonyl (C=O) groups is 1. The Morgan fingerprint density at radius 3 is 2.52 bits per heavy atom. The number of aromatic nitrogens is 3. The van der Waals surface area contributed by atoms with Crippen molar-refractivity contribution in [3.05, 3.63) is 60.7 Å². The minimum Gasteiger partial charge on any atom is -0.390 e. The van der Waals surface area contributed by atoms with E-state index in [-0.39, 0.29) is 23.5 Å². The molecule has 0 aliphatic heterocycles. The van der Waals surface area contributed by atoms with Crippen molar-refractivity contribution in [2.75, 3.05) is 5.73 Å². The molecule has 0 radical (unpaired) electrons. The molecule has 7 rings (SSSR count). The summed E-state index contributed by atoms with van der Waals surface area (Å²) in [5, 5.41) is 14.0. The maximum atomic E-state index is 13.2. The van der Waals surface area contributed by atoms with Crippen LogP contribution in [0.25, 0.3) is 22.4 Å². The summed E-state index contributed by atoms with van der Waals surface area (Å²) in [6.45, 7) is 0. The lowest BCUT2D eigenvalue weighted by molar-refractivity contribution is -0.136. The molecule has 0 saturated heterocycles. The van der Waals surface area contributed by atoms with Crippen molar-refractivity contribution in [1.29, 1.82) is 0 Å². The second kappa shape index (κ2) is 7.63. The number of pyridine rings is 1. The van der Waals surface area contributed by atoms with E-state index in [0.717, 1.165) is 48.8 Å². The molecule has 4 aliphatic carbocycles. The van der Waals surface area contributed by atoms with Gasteiger partial charge in [0, 0.05) is 29.6 Å². The lowest BCUT2D eigenvalue weighted by Crippen LogP contribution is -2.61. The Bertz CT molecular complexity index is 1200. The van der Waals surface area contributed by atoms with Crippen LogP contribution in [0.4, 0.5) is 5.82 Å². The molecular formula is C26H27N5O2. The molecule has 7 heteroatoms. The van der Waals surface area contributed by atoms with Crippen molar-refractivity contribution >= 4 is 11.7 Å². The van der Waals surface area contributed by atoms with Crippen molar-refractivity contribution in [3.63, 3.8) is 0 Å². The molecular weight excluding hydrogens is 414 g/mol. The SMILES string of the molecule is Nc1ncc(-c2cccc(-c3cccnc3)c2)nc1C(=O)NC1C2CC3CC1CC(O)(C3)C2. The molecule has 1 aromatic carbocycles. The van der Waals surface area contributed by atoms with E-state index in [1.807, 2.05) is 42.6 Å². The fourth-order valence-corrected chi connectivity index (χ4v) is 6.53. The predicted molar refractivity (Wildman–Crippen MR) is 125 cm³/mol. The van der Waals surface area contributed by atoms with Gasteiger partial charge >= 0.3 is 0 Å². The molecule has 4 saturated carbocycles. The Balaban J connectivity index is 1.26. The fraction of sp³-hybridized carbons (Fsp3) is 0.385. The average Bonchev–Trinajstić information content (AvgIpc) is 2.81. The second-order valence-corrected chi connectivity index (χ2v) is 10.0. The van der Waals surface area contributed by atoms with E-state index >= 15 is 0 Å². The average molecular weight is 442 g/mol. The van der Waals surface area contributed by atoms with Gasteiger partial charge < -0.3 is 16.2 Å². The minimum absolute atomic E-state index is 0.0630. The molecule has 0 spiro atoms. The zero-order valence-electron chi connectivity index (χ0n) is 18.3. The van der Waals surface area contributed by atoms with Crippen LogP contribution in [-0.4, -0.2) is 37.6 Å². The number of hydrogen-bond donors (Lipinski definition) is 3. The summed E-state index contributed by atoms with van der Waals surface area (Å²) < 4.78 is 0. The fourth-order valence-electron chi connectivity index (χ4n) is 6.53. The number of rotatable bonds is 4. The monoisotopic (exact) mass is 441 g/mol. The minimum atomic E-state index is -0.532. The van der Waals surface area contributed by atoms with Crippen molar-refractivity contribution in [3.8, 4) is 22.4 Å². The number of nitrogens with two attached hydrogens (primary N) is 1. The molecule has 2 heterocycles. The van der Waals surface area contributed by atoms with E-state index in [9.17, 15) is 9.90 Å². The molecule has 33 heavy (non-hydrogen) atoms. The smallest absolute Gasteiger partial charge is 0.273 e. The van der Waals surface area contributed by atoms with Crippen LogP contribution in [0.15, 0.2) is 55.0 Å². The quantitative estimate of drug-likeness (QED) is 0.571. The first kappa shape index (κ1) is 20.3. The van der Waals surface area contributed by atoms with Crippen LogP contribution in [0.3, 0.4) is 0 Å². The van der Waals surface area contributed by atoms with Crippen LogP contribution in [0.1, 0.15) is 42.6 Å². The van der Waals surface area contributed by atoms with Crippen LogP contribution < -0.4 is 11.1 Å². The number of nitrogens with zero attached hydrogens (tertiary/aromatic N) is 3. The summed E-state index contributed by atoms with van der Waals surface area (Å²) in [4.78, 5) is 26.3. The first-order valence-corrected chi connectivity index (χ1v) is 11.6. The Kier molecular flexibility index (Phi) is 4.69. The van der Waals surface area contributed by atoms with Crippen molar-refractivity contribution in [1.82, 2.24) is 20.3 Å². The highest BCUT2D eigenvalue weighted by Gasteiger charge is 2.55. The van der Waals surface area contributed by atoms with Gasteiger partial charge in [0.1, 0.15) is 0 Å². The normalized spacial score (nSPS) is 29.7. The molecule has 3 aromatic rings. The zero-order valence-corrected chi connectivity index (χ0v) is 18.3. The number of nitrogen functional groups attached to an aromatic ring is 1. The van der Waals surface area contributed by atoms with Crippen LogP contribution >= 0.6 is 0 Å². The lowest BCUT2D eigenvalue weighted by Gasteiger charge is -2.58. The van der Waals surface area contributed by atoms with E-state index in [0.29, 0.717) is 23.4 Å². The third kappa shape index (κ3) is 3.66. The number of carbonyl (C=O) groups excluding carboxylic acids is 1. The van der Waals surface area contributed by atoms with Gasteiger partial charge in [-0.05, 0) is 67.6 Å². The van der Waals surface area contributed by atoms with Gasteiger partial charge in [0.25, 0.3) is 5.91 Å². The van der Waals surface area contributed by atoms with Gasteiger partial charge in [-0.15, -0.1) is 0 Å². The van der Waals surface area contributed by atoms with E-state index in [4.69, 9.17) is 5.73 Å². The summed E-state index contributed by atoms with van der Waals surface area (Å²) in [6, 6.07) is 11.9. The molecule has 4 bridgehead atoms. The highest BCUT2D eigenvalue weighted by atomic mass is 16.3. The number of amides is 1. The van der Waals surface area contributed by atoms with Crippen LogP contribution in [0.5, 0.6) is 0 Å². The summed E-state index contributed by atoms with van der Waals surface area (Å²) in [6.07, 6.45) is 9.77. The zero-order chi connectivity index (χ0) is 22.6. The number of aliphatic hydroxyl groups is 1. The van der Waals surface area contributed by atoms with E-state index in [1.54, 1.807) is 12.4 Å². The second-order valence-electron chi connectivity index (χ2n) is 10.0. The summed E-state index contributed by atoms with van der Waals surface area (Å²) in [5.74, 6) is 1.07. The topological polar surface area (TPSA) is 114 Å². The summed E-state index contributed by atoms with van der Waals surface area (Å²) in [5.41, 5.74) is 9.17. The van der Waals surface area contributed by atoms with Gasteiger partial charge in [-0.25, -0.2) is 9.97 Å². The van der Waals surface area contributed by atoms with Crippen molar-refractivity contribution < 1.29 is 9.90 Å². The molecule has 1 amide bonds. The predicted octanol–water partition coefficient (Wildman–Crippen LogP) is 3.46. The maximum Gasteiger partial charge on any atom is 0.273 e. The highest BCUT2D eigenvalue weighted by Crippen LogP contribution is 2.55. The molecule has 4 fully saturated rings. The summed E-state index contributed by atoms with van der Waals surface area (Å²) in [7, 11) is 0. The molecule has 2 atom stereocenters. The van der Waals surface area contributed by atoms with Gasteiger partial charge in [-0.1, -0.05) is 24.3 Å². The van der Waals surface area contributed by atoms with Gasteiger partial charge in [0.2, 0.25) is 0 Å². The lowest BCUT2D eigenvalue weighted by atomic mass is 9.52.